The SMILES string of the molecule is CCCCc1cnc(-c2c(CC)cccc2CC)cc1OC(C)C. The number of hydrogen-bond donors (Lipinski definition) is 0. The molecule has 0 aliphatic rings. The second-order valence-corrected chi connectivity index (χ2v) is 6.61. The largest absolute Gasteiger partial charge is 0.491 e. The van der Waals surface area contributed by atoms with Crippen molar-refractivity contribution in [2.45, 2.75) is 72.8 Å². The molecule has 0 spiro atoms. The van der Waals surface area contributed by atoms with Gasteiger partial charge in [0.05, 0.1) is 11.8 Å². The zero-order chi connectivity index (χ0) is 17.5. The fourth-order valence-corrected chi connectivity index (χ4v) is 3.09. The summed E-state index contributed by atoms with van der Waals surface area (Å²) in [6.45, 7) is 10.8. The Morgan fingerprint density at radius 1 is 1.00 bits per heavy atom. The van der Waals surface area contributed by atoms with E-state index in [0.29, 0.717) is 0 Å². The topological polar surface area (TPSA) is 22.1 Å². The molecule has 1 aromatic carbocycles. The maximum absolute atomic E-state index is 6.11. The van der Waals surface area contributed by atoms with Crippen LogP contribution in [0.1, 0.15) is 64.2 Å². The first-order valence-corrected chi connectivity index (χ1v) is 9.37. The quantitative estimate of drug-likeness (QED) is 0.593. The van der Waals surface area contributed by atoms with E-state index in [1.165, 1.54) is 35.1 Å². The Morgan fingerprint density at radius 3 is 2.21 bits per heavy atom. The molecule has 0 atom stereocenters. The van der Waals surface area contributed by atoms with Crippen LogP contribution in [0.15, 0.2) is 30.5 Å². The van der Waals surface area contributed by atoms with Crippen molar-refractivity contribution in [2.75, 3.05) is 0 Å². The third kappa shape index (κ3) is 4.37. The average Bonchev–Trinajstić information content (AvgIpc) is 2.59. The Morgan fingerprint density at radius 2 is 1.67 bits per heavy atom. The molecule has 0 aliphatic carbocycles. The van der Waals surface area contributed by atoms with Crippen LogP contribution >= 0.6 is 0 Å². The maximum atomic E-state index is 6.11. The molecule has 2 aromatic rings. The predicted molar refractivity (Wildman–Crippen MR) is 103 cm³/mol. The molecule has 0 amide bonds. The van der Waals surface area contributed by atoms with E-state index in [1.807, 2.05) is 6.20 Å². The van der Waals surface area contributed by atoms with Gasteiger partial charge in [0.25, 0.3) is 0 Å². The van der Waals surface area contributed by atoms with Gasteiger partial charge in [-0.3, -0.25) is 4.98 Å². The minimum atomic E-state index is 0.174. The molecular weight excluding hydrogens is 294 g/mol. The van der Waals surface area contributed by atoms with Gasteiger partial charge >= 0.3 is 0 Å². The van der Waals surface area contributed by atoms with E-state index in [2.05, 4.69) is 58.9 Å². The summed E-state index contributed by atoms with van der Waals surface area (Å²) in [4.78, 5) is 4.81. The lowest BCUT2D eigenvalue weighted by Gasteiger charge is -2.17. The predicted octanol–water partition coefficient (Wildman–Crippen LogP) is 6.00. The Kier molecular flexibility index (Phi) is 6.84. The van der Waals surface area contributed by atoms with Crippen LogP contribution in [-0.2, 0) is 19.3 Å². The van der Waals surface area contributed by atoms with Crippen LogP contribution in [0.3, 0.4) is 0 Å². The molecule has 2 rings (SSSR count). The van der Waals surface area contributed by atoms with Gasteiger partial charge in [-0.25, -0.2) is 0 Å². The van der Waals surface area contributed by atoms with Gasteiger partial charge < -0.3 is 4.74 Å². The van der Waals surface area contributed by atoms with E-state index in [-0.39, 0.29) is 6.10 Å². The first-order valence-electron chi connectivity index (χ1n) is 9.37. The fraction of sp³-hybridized carbons (Fsp3) is 0.500. The zero-order valence-corrected chi connectivity index (χ0v) is 15.9. The van der Waals surface area contributed by atoms with Crippen LogP contribution in [-0.4, -0.2) is 11.1 Å². The molecule has 0 radical (unpaired) electrons. The van der Waals surface area contributed by atoms with Crippen LogP contribution in [0, 0.1) is 0 Å². The van der Waals surface area contributed by atoms with Gasteiger partial charge in [-0.15, -0.1) is 0 Å². The molecule has 1 aromatic heterocycles. The number of rotatable bonds is 8. The van der Waals surface area contributed by atoms with Gasteiger partial charge in [0, 0.05) is 23.4 Å². The molecule has 1 heterocycles. The molecule has 2 heteroatoms. The number of aromatic nitrogens is 1. The van der Waals surface area contributed by atoms with Crippen LogP contribution in [0.5, 0.6) is 5.75 Å². The highest BCUT2D eigenvalue weighted by atomic mass is 16.5. The fourth-order valence-electron chi connectivity index (χ4n) is 3.09. The number of ether oxygens (including phenoxy) is 1. The van der Waals surface area contributed by atoms with Gasteiger partial charge in [0.15, 0.2) is 0 Å². The minimum absolute atomic E-state index is 0.174. The summed E-state index contributed by atoms with van der Waals surface area (Å²) in [6, 6.07) is 8.73. The summed E-state index contributed by atoms with van der Waals surface area (Å²) < 4.78 is 6.11. The van der Waals surface area contributed by atoms with Crippen molar-refractivity contribution in [3.8, 4) is 17.0 Å². The highest BCUT2D eigenvalue weighted by molar-refractivity contribution is 5.69. The first kappa shape index (κ1) is 18.5. The number of nitrogens with zero attached hydrogens (tertiary/aromatic N) is 1. The van der Waals surface area contributed by atoms with E-state index in [0.717, 1.165) is 30.7 Å². The van der Waals surface area contributed by atoms with Crippen LogP contribution < -0.4 is 4.74 Å². The van der Waals surface area contributed by atoms with Gasteiger partial charge in [-0.05, 0) is 50.7 Å². The zero-order valence-electron chi connectivity index (χ0n) is 15.9. The number of hydrogen-bond acceptors (Lipinski definition) is 2. The molecule has 2 nitrogen and oxygen atoms in total. The molecular formula is C22H31NO. The summed E-state index contributed by atoms with van der Waals surface area (Å²) in [5.74, 6) is 0.997. The van der Waals surface area contributed by atoms with Crippen molar-refractivity contribution >= 4 is 0 Å². The monoisotopic (exact) mass is 325 g/mol. The summed E-state index contributed by atoms with van der Waals surface area (Å²) in [6.07, 6.45) is 7.61. The lowest BCUT2D eigenvalue weighted by molar-refractivity contribution is 0.239. The van der Waals surface area contributed by atoms with Crippen LogP contribution in [0.25, 0.3) is 11.3 Å². The molecule has 0 fully saturated rings. The maximum Gasteiger partial charge on any atom is 0.126 e. The molecule has 0 aliphatic heterocycles. The summed E-state index contributed by atoms with van der Waals surface area (Å²) in [5.41, 5.74) is 6.27. The Labute approximate surface area is 147 Å². The third-order valence-electron chi connectivity index (χ3n) is 4.36. The van der Waals surface area contributed by atoms with Crippen LogP contribution in [0.2, 0.25) is 0 Å². The molecule has 130 valence electrons. The molecule has 0 saturated heterocycles. The van der Waals surface area contributed by atoms with E-state index in [4.69, 9.17) is 9.72 Å². The average molecular weight is 325 g/mol. The number of pyridine rings is 1. The highest BCUT2D eigenvalue weighted by Crippen LogP contribution is 2.32. The second kappa shape index (κ2) is 8.86. The van der Waals surface area contributed by atoms with Crippen molar-refractivity contribution in [3.05, 3.63) is 47.2 Å². The Hall–Kier alpha value is -1.83. The van der Waals surface area contributed by atoms with Crippen molar-refractivity contribution in [1.82, 2.24) is 4.98 Å². The van der Waals surface area contributed by atoms with Crippen molar-refractivity contribution < 1.29 is 4.74 Å². The number of benzene rings is 1. The van der Waals surface area contributed by atoms with Crippen molar-refractivity contribution in [1.29, 1.82) is 0 Å². The standard InChI is InChI=1S/C22H31NO/c1-6-9-11-19-15-23-20(14-21(19)24-16(4)5)22-17(7-2)12-10-13-18(22)8-3/h10,12-16H,6-9,11H2,1-5H3. The smallest absolute Gasteiger partial charge is 0.126 e. The Balaban J connectivity index is 2.52. The van der Waals surface area contributed by atoms with Crippen LogP contribution in [0.4, 0.5) is 0 Å². The summed E-state index contributed by atoms with van der Waals surface area (Å²) >= 11 is 0. The number of unbranched alkanes of at least 4 members (excludes halogenated alkanes) is 1. The molecule has 0 saturated carbocycles. The van der Waals surface area contributed by atoms with E-state index < -0.39 is 0 Å². The second-order valence-electron chi connectivity index (χ2n) is 6.61. The van der Waals surface area contributed by atoms with Gasteiger partial charge in [0.1, 0.15) is 5.75 Å². The Bertz CT molecular complexity index is 639. The van der Waals surface area contributed by atoms with Gasteiger partial charge in [-0.1, -0.05) is 45.4 Å². The van der Waals surface area contributed by atoms with Gasteiger partial charge in [0.2, 0.25) is 0 Å². The lowest BCUT2D eigenvalue weighted by Crippen LogP contribution is -2.08. The highest BCUT2D eigenvalue weighted by Gasteiger charge is 2.14. The molecule has 0 unspecified atom stereocenters. The first-order chi connectivity index (χ1) is 11.6. The molecule has 24 heavy (non-hydrogen) atoms. The van der Waals surface area contributed by atoms with E-state index in [1.54, 1.807) is 0 Å². The van der Waals surface area contributed by atoms with Crippen molar-refractivity contribution in [3.63, 3.8) is 0 Å². The van der Waals surface area contributed by atoms with E-state index in [9.17, 15) is 0 Å². The van der Waals surface area contributed by atoms with Gasteiger partial charge in [-0.2, -0.15) is 0 Å². The molecule has 0 N–H and O–H groups in total. The van der Waals surface area contributed by atoms with Crippen molar-refractivity contribution in [2.24, 2.45) is 0 Å². The number of aryl methyl sites for hydroxylation is 3. The van der Waals surface area contributed by atoms with E-state index >= 15 is 0 Å². The third-order valence-corrected chi connectivity index (χ3v) is 4.36. The lowest BCUT2D eigenvalue weighted by atomic mass is 9.94. The molecule has 0 bridgehead atoms. The minimum Gasteiger partial charge on any atom is -0.491 e. The summed E-state index contributed by atoms with van der Waals surface area (Å²) in [5, 5.41) is 0. The summed E-state index contributed by atoms with van der Waals surface area (Å²) in [7, 11) is 0. The normalized spacial score (nSPS) is 11.1.